The van der Waals surface area contributed by atoms with Crippen LogP contribution in [0.1, 0.15) is 43.5 Å². The van der Waals surface area contributed by atoms with Crippen LogP contribution in [-0.2, 0) is 0 Å². The molecule has 1 saturated carbocycles. The lowest BCUT2D eigenvalue weighted by Crippen LogP contribution is -2.28. The van der Waals surface area contributed by atoms with Crippen LogP contribution in [0.5, 0.6) is 0 Å². The molecule has 1 aromatic carbocycles. The molecule has 0 atom stereocenters. The Morgan fingerprint density at radius 3 is 2.72 bits per heavy atom. The van der Waals surface area contributed by atoms with E-state index in [0.29, 0.717) is 0 Å². The number of carbonyl (C=O) groups is 1. The van der Waals surface area contributed by atoms with Crippen molar-refractivity contribution < 1.29 is 4.79 Å². The molecule has 0 amide bonds. The topological polar surface area (TPSA) is 20.3 Å². The Kier molecular flexibility index (Phi) is 4.44. The minimum atomic E-state index is 0.148. The van der Waals surface area contributed by atoms with Crippen molar-refractivity contribution in [2.24, 2.45) is 5.92 Å². The Bertz CT molecular complexity index is 440. The van der Waals surface area contributed by atoms with Gasteiger partial charge in [-0.1, -0.05) is 22.9 Å². The van der Waals surface area contributed by atoms with E-state index in [1.54, 1.807) is 6.92 Å². The van der Waals surface area contributed by atoms with E-state index in [0.717, 1.165) is 41.2 Å². The summed E-state index contributed by atoms with van der Waals surface area (Å²) in [5.41, 5.74) is 1.93. The summed E-state index contributed by atoms with van der Waals surface area (Å²) >= 11 is 3.51. The predicted octanol–water partition coefficient (Wildman–Crippen LogP) is 4.28. The van der Waals surface area contributed by atoms with Gasteiger partial charge in [0.15, 0.2) is 5.78 Å². The van der Waals surface area contributed by atoms with E-state index < -0.39 is 0 Å². The third-order valence-corrected chi connectivity index (χ3v) is 3.84. The molecular formula is C15H20BrNO. The third-order valence-electron chi connectivity index (χ3n) is 3.35. The fourth-order valence-electron chi connectivity index (χ4n) is 2.26. The number of benzene rings is 1. The zero-order valence-corrected chi connectivity index (χ0v) is 12.7. The van der Waals surface area contributed by atoms with E-state index in [1.807, 2.05) is 12.1 Å². The average molecular weight is 310 g/mol. The number of hydrogen-bond donors (Lipinski definition) is 0. The van der Waals surface area contributed by atoms with Gasteiger partial charge in [-0.05, 0) is 50.3 Å². The van der Waals surface area contributed by atoms with Gasteiger partial charge < -0.3 is 4.90 Å². The maximum atomic E-state index is 11.7. The average Bonchev–Trinajstić information content (AvgIpc) is 3.12. The second-order valence-corrected chi connectivity index (χ2v) is 6.02. The van der Waals surface area contributed by atoms with Gasteiger partial charge in [0.2, 0.25) is 0 Å². The van der Waals surface area contributed by atoms with Crippen molar-refractivity contribution >= 4 is 27.4 Å². The fraction of sp³-hybridized carbons (Fsp3) is 0.533. The van der Waals surface area contributed by atoms with Crippen LogP contribution >= 0.6 is 15.9 Å². The number of anilines is 1. The quantitative estimate of drug-likeness (QED) is 0.731. The number of nitrogens with zero attached hydrogens (tertiary/aromatic N) is 1. The van der Waals surface area contributed by atoms with Crippen molar-refractivity contribution in [2.45, 2.75) is 33.1 Å². The zero-order chi connectivity index (χ0) is 13.1. The molecule has 0 spiro atoms. The van der Waals surface area contributed by atoms with E-state index in [1.165, 1.54) is 12.8 Å². The highest BCUT2D eigenvalue weighted by molar-refractivity contribution is 9.10. The minimum absolute atomic E-state index is 0.148. The summed E-state index contributed by atoms with van der Waals surface area (Å²) in [6.45, 7) is 5.94. The standard InChI is InChI=1S/C15H20BrNO/c1-3-8-17(10-12-4-5-12)15-9-13(16)6-7-14(15)11(2)18/h6-7,9,12H,3-5,8,10H2,1-2H3. The molecule has 1 fully saturated rings. The molecule has 0 N–H and O–H groups in total. The number of ketones is 1. The molecule has 1 aromatic rings. The highest BCUT2D eigenvalue weighted by Crippen LogP contribution is 2.33. The fourth-order valence-corrected chi connectivity index (χ4v) is 2.61. The lowest BCUT2D eigenvalue weighted by Gasteiger charge is -2.26. The summed E-state index contributed by atoms with van der Waals surface area (Å²) in [5.74, 6) is 0.977. The number of halogens is 1. The first-order valence-electron chi connectivity index (χ1n) is 6.67. The molecule has 1 aliphatic carbocycles. The van der Waals surface area contributed by atoms with Crippen molar-refractivity contribution in [3.8, 4) is 0 Å². The summed E-state index contributed by atoms with van der Waals surface area (Å²) in [4.78, 5) is 14.1. The van der Waals surface area contributed by atoms with Crippen LogP contribution in [0.4, 0.5) is 5.69 Å². The lowest BCUT2D eigenvalue weighted by molar-refractivity contribution is 0.101. The van der Waals surface area contributed by atoms with Crippen LogP contribution in [0.2, 0.25) is 0 Å². The van der Waals surface area contributed by atoms with Crippen LogP contribution in [-0.4, -0.2) is 18.9 Å². The minimum Gasteiger partial charge on any atom is -0.371 e. The first-order chi connectivity index (χ1) is 8.61. The van der Waals surface area contributed by atoms with Gasteiger partial charge in [-0.2, -0.15) is 0 Å². The maximum Gasteiger partial charge on any atom is 0.161 e. The highest BCUT2D eigenvalue weighted by atomic mass is 79.9. The smallest absolute Gasteiger partial charge is 0.161 e. The van der Waals surface area contributed by atoms with E-state index >= 15 is 0 Å². The molecule has 2 rings (SSSR count). The molecule has 2 nitrogen and oxygen atoms in total. The van der Waals surface area contributed by atoms with Crippen molar-refractivity contribution in [1.82, 2.24) is 0 Å². The number of hydrogen-bond acceptors (Lipinski definition) is 2. The van der Waals surface area contributed by atoms with Crippen LogP contribution in [0.15, 0.2) is 22.7 Å². The molecule has 0 aromatic heterocycles. The second kappa shape index (κ2) is 5.87. The summed E-state index contributed by atoms with van der Waals surface area (Å²) in [6.07, 6.45) is 3.78. The molecule has 0 saturated heterocycles. The Morgan fingerprint density at radius 2 is 2.17 bits per heavy atom. The van der Waals surface area contributed by atoms with Gasteiger partial charge in [-0.15, -0.1) is 0 Å². The van der Waals surface area contributed by atoms with Gasteiger partial charge in [0.25, 0.3) is 0 Å². The molecule has 98 valence electrons. The summed E-state index contributed by atoms with van der Waals surface area (Å²) in [6, 6.07) is 5.95. The summed E-state index contributed by atoms with van der Waals surface area (Å²) in [5, 5.41) is 0. The van der Waals surface area contributed by atoms with Crippen molar-refractivity contribution in [3.63, 3.8) is 0 Å². The van der Waals surface area contributed by atoms with Gasteiger partial charge in [-0.25, -0.2) is 0 Å². The van der Waals surface area contributed by atoms with Gasteiger partial charge in [0, 0.05) is 28.8 Å². The monoisotopic (exact) mass is 309 g/mol. The number of carbonyl (C=O) groups excluding carboxylic acids is 1. The Balaban J connectivity index is 2.30. The Labute approximate surface area is 117 Å². The molecule has 0 heterocycles. The highest BCUT2D eigenvalue weighted by Gasteiger charge is 2.25. The van der Waals surface area contributed by atoms with E-state index in [9.17, 15) is 4.79 Å². The Hall–Kier alpha value is -0.830. The van der Waals surface area contributed by atoms with Crippen molar-refractivity contribution in [3.05, 3.63) is 28.2 Å². The number of rotatable bonds is 6. The van der Waals surface area contributed by atoms with Gasteiger partial charge in [-0.3, -0.25) is 4.79 Å². The summed E-state index contributed by atoms with van der Waals surface area (Å²) in [7, 11) is 0. The predicted molar refractivity (Wildman–Crippen MR) is 79.4 cm³/mol. The number of Topliss-reactive ketones (excluding diaryl/α,β-unsaturated/α-hetero) is 1. The van der Waals surface area contributed by atoms with Crippen LogP contribution in [0, 0.1) is 5.92 Å². The Morgan fingerprint density at radius 1 is 1.44 bits per heavy atom. The third kappa shape index (κ3) is 3.35. The first-order valence-corrected chi connectivity index (χ1v) is 7.46. The largest absolute Gasteiger partial charge is 0.371 e. The molecule has 0 aliphatic heterocycles. The van der Waals surface area contributed by atoms with Gasteiger partial charge in [0.1, 0.15) is 0 Å². The van der Waals surface area contributed by atoms with E-state index in [4.69, 9.17) is 0 Å². The normalized spacial score (nSPS) is 14.6. The maximum absolute atomic E-state index is 11.7. The molecule has 1 aliphatic rings. The molecule has 0 unspecified atom stereocenters. The van der Waals surface area contributed by atoms with Gasteiger partial charge >= 0.3 is 0 Å². The van der Waals surface area contributed by atoms with Crippen molar-refractivity contribution in [1.29, 1.82) is 0 Å². The van der Waals surface area contributed by atoms with Crippen LogP contribution < -0.4 is 4.90 Å². The molecular weight excluding hydrogens is 290 g/mol. The first kappa shape index (κ1) is 13.6. The molecule has 0 radical (unpaired) electrons. The zero-order valence-electron chi connectivity index (χ0n) is 11.1. The van der Waals surface area contributed by atoms with Crippen LogP contribution in [0.3, 0.4) is 0 Å². The van der Waals surface area contributed by atoms with E-state index in [-0.39, 0.29) is 5.78 Å². The van der Waals surface area contributed by atoms with Crippen LogP contribution in [0.25, 0.3) is 0 Å². The SMILES string of the molecule is CCCN(CC1CC1)c1cc(Br)ccc1C(C)=O. The molecule has 0 bridgehead atoms. The summed E-state index contributed by atoms with van der Waals surface area (Å²) < 4.78 is 1.04. The molecule has 3 heteroatoms. The molecule has 18 heavy (non-hydrogen) atoms. The van der Waals surface area contributed by atoms with Gasteiger partial charge in [0.05, 0.1) is 0 Å². The van der Waals surface area contributed by atoms with E-state index in [2.05, 4.69) is 33.8 Å². The van der Waals surface area contributed by atoms with Crippen molar-refractivity contribution in [2.75, 3.05) is 18.0 Å². The lowest BCUT2D eigenvalue weighted by atomic mass is 10.1. The second-order valence-electron chi connectivity index (χ2n) is 5.11.